The monoisotopic (exact) mass is 180 g/mol. The molecule has 1 aliphatic heterocycles. The van der Waals surface area contributed by atoms with E-state index in [0.717, 1.165) is 6.61 Å². The summed E-state index contributed by atoms with van der Waals surface area (Å²) in [7, 11) is 0. The second-order valence-corrected chi connectivity index (χ2v) is 5.20. The van der Waals surface area contributed by atoms with Crippen LogP contribution in [0.15, 0.2) is 12.2 Å². The number of rotatable bonds is 0. The summed E-state index contributed by atoms with van der Waals surface area (Å²) >= 11 is 0. The molecule has 2 bridgehead atoms. The third kappa shape index (κ3) is 0.627. The first kappa shape index (κ1) is 8.01. The molecule has 5 unspecified atom stereocenters. The quantitative estimate of drug-likeness (QED) is 0.573. The molecule has 1 N–H and O–H groups in total. The molecule has 0 aromatic rings. The molecule has 72 valence electrons. The van der Waals surface area contributed by atoms with Crippen LogP contribution in [0.2, 0.25) is 0 Å². The molecule has 2 heteroatoms. The minimum atomic E-state index is -0.558. The number of aliphatic hydroxyl groups excluding tert-OH is 1. The van der Waals surface area contributed by atoms with Gasteiger partial charge in [0.2, 0.25) is 0 Å². The maximum atomic E-state index is 9.89. The summed E-state index contributed by atoms with van der Waals surface area (Å²) in [5.74, 6) is 1.15. The maximum Gasteiger partial charge on any atom is 0.161 e. The van der Waals surface area contributed by atoms with E-state index in [9.17, 15) is 5.11 Å². The summed E-state index contributed by atoms with van der Waals surface area (Å²) in [6, 6.07) is 0. The van der Waals surface area contributed by atoms with Crippen LogP contribution >= 0.6 is 0 Å². The van der Waals surface area contributed by atoms with Crippen LogP contribution in [0.5, 0.6) is 0 Å². The highest BCUT2D eigenvalue weighted by Gasteiger charge is 2.67. The Kier molecular flexibility index (Phi) is 1.24. The predicted molar refractivity (Wildman–Crippen MR) is 48.9 cm³/mol. The van der Waals surface area contributed by atoms with Crippen molar-refractivity contribution in [3.05, 3.63) is 12.2 Å². The molecule has 13 heavy (non-hydrogen) atoms. The average molecular weight is 180 g/mol. The van der Waals surface area contributed by atoms with Gasteiger partial charge in [-0.15, -0.1) is 0 Å². The SMILES string of the molecule is CC12COC(O)C1(C)C1C=CC2C1. The van der Waals surface area contributed by atoms with Crippen molar-refractivity contribution < 1.29 is 9.84 Å². The standard InChI is InChI=1S/C11H16O2/c1-10-6-13-9(12)11(10,2)8-4-3-7(10)5-8/h3-4,7-9,12H,5-6H2,1-2H3. The van der Waals surface area contributed by atoms with Crippen LogP contribution in [0.25, 0.3) is 0 Å². The zero-order valence-corrected chi connectivity index (χ0v) is 8.16. The second-order valence-electron chi connectivity index (χ2n) is 5.20. The van der Waals surface area contributed by atoms with Gasteiger partial charge in [0.1, 0.15) is 0 Å². The summed E-state index contributed by atoms with van der Waals surface area (Å²) in [5.41, 5.74) is 0.137. The molecule has 1 saturated heterocycles. The summed E-state index contributed by atoms with van der Waals surface area (Å²) in [4.78, 5) is 0. The third-order valence-electron chi connectivity index (χ3n) is 4.96. The number of aliphatic hydroxyl groups is 1. The van der Waals surface area contributed by atoms with Gasteiger partial charge >= 0.3 is 0 Å². The lowest BCUT2D eigenvalue weighted by atomic mass is 9.61. The fraction of sp³-hybridized carbons (Fsp3) is 0.818. The molecular formula is C11H16O2. The predicted octanol–water partition coefficient (Wildman–Crippen LogP) is 1.55. The van der Waals surface area contributed by atoms with Crippen LogP contribution < -0.4 is 0 Å². The van der Waals surface area contributed by atoms with Gasteiger partial charge in [0.15, 0.2) is 6.29 Å². The molecule has 5 atom stereocenters. The van der Waals surface area contributed by atoms with E-state index in [1.54, 1.807) is 0 Å². The zero-order chi connectivity index (χ0) is 9.27. The molecule has 1 saturated carbocycles. The van der Waals surface area contributed by atoms with E-state index < -0.39 is 6.29 Å². The van der Waals surface area contributed by atoms with Gasteiger partial charge in [-0.2, -0.15) is 0 Å². The van der Waals surface area contributed by atoms with Crippen LogP contribution in [0, 0.1) is 22.7 Å². The van der Waals surface area contributed by atoms with Crippen LogP contribution in [0.1, 0.15) is 20.3 Å². The molecule has 0 amide bonds. The lowest BCUT2D eigenvalue weighted by molar-refractivity contribution is -0.125. The molecule has 3 rings (SSSR count). The molecule has 0 aromatic carbocycles. The molecule has 2 aliphatic carbocycles. The normalized spacial score (nSPS) is 63.2. The summed E-state index contributed by atoms with van der Waals surface area (Å²) in [6.45, 7) is 5.16. The van der Waals surface area contributed by atoms with E-state index in [-0.39, 0.29) is 10.8 Å². The van der Waals surface area contributed by atoms with Crippen molar-refractivity contribution in [2.45, 2.75) is 26.6 Å². The summed E-state index contributed by atoms with van der Waals surface area (Å²) in [6.07, 6.45) is 5.24. The zero-order valence-electron chi connectivity index (χ0n) is 8.16. The molecule has 1 heterocycles. The molecule has 0 aromatic heterocycles. The lowest BCUT2D eigenvalue weighted by Crippen LogP contribution is -2.43. The van der Waals surface area contributed by atoms with E-state index in [0.29, 0.717) is 11.8 Å². The number of hydrogen-bond donors (Lipinski definition) is 1. The van der Waals surface area contributed by atoms with Gasteiger partial charge in [0.25, 0.3) is 0 Å². The maximum absolute atomic E-state index is 9.89. The van der Waals surface area contributed by atoms with Crippen LogP contribution in [-0.4, -0.2) is 18.0 Å². The van der Waals surface area contributed by atoms with Gasteiger partial charge in [-0.3, -0.25) is 0 Å². The fourth-order valence-electron chi connectivity index (χ4n) is 3.59. The highest BCUT2D eigenvalue weighted by molar-refractivity contribution is 5.25. The van der Waals surface area contributed by atoms with Gasteiger partial charge in [-0.25, -0.2) is 0 Å². The molecule has 2 nitrogen and oxygen atoms in total. The van der Waals surface area contributed by atoms with Gasteiger partial charge < -0.3 is 9.84 Å². The van der Waals surface area contributed by atoms with Crippen LogP contribution in [0.4, 0.5) is 0 Å². The van der Waals surface area contributed by atoms with E-state index in [4.69, 9.17) is 4.74 Å². The first-order chi connectivity index (χ1) is 6.09. The Morgan fingerprint density at radius 1 is 1.31 bits per heavy atom. The molecule has 0 spiro atoms. The van der Waals surface area contributed by atoms with Crippen molar-refractivity contribution in [3.8, 4) is 0 Å². The van der Waals surface area contributed by atoms with Crippen molar-refractivity contribution in [3.63, 3.8) is 0 Å². The van der Waals surface area contributed by atoms with Crippen LogP contribution in [0.3, 0.4) is 0 Å². The molecule has 2 fully saturated rings. The highest BCUT2D eigenvalue weighted by atomic mass is 16.6. The lowest BCUT2D eigenvalue weighted by Gasteiger charge is -2.41. The van der Waals surface area contributed by atoms with E-state index >= 15 is 0 Å². The summed E-state index contributed by atoms with van der Waals surface area (Å²) in [5, 5.41) is 9.89. The van der Waals surface area contributed by atoms with Crippen molar-refractivity contribution in [1.82, 2.24) is 0 Å². The minimum absolute atomic E-state index is 0.0353. The number of hydrogen-bond acceptors (Lipinski definition) is 2. The van der Waals surface area contributed by atoms with Crippen molar-refractivity contribution in [2.75, 3.05) is 6.61 Å². The molecular weight excluding hydrogens is 164 g/mol. The largest absolute Gasteiger partial charge is 0.367 e. The van der Waals surface area contributed by atoms with Gasteiger partial charge in [-0.1, -0.05) is 26.0 Å². The van der Waals surface area contributed by atoms with E-state index in [2.05, 4.69) is 26.0 Å². The topological polar surface area (TPSA) is 29.5 Å². The Morgan fingerprint density at radius 2 is 2.00 bits per heavy atom. The smallest absolute Gasteiger partial charge is 0.161 e. The van der Waals surface area contributed by atoms with E-state index in [1.165, 1.54) is 6.42 Å². The van der Waals surface area contributed by atoms with Crippen molar-refractivity contribution in [1.29, 1.82) is 0 Å². The van der Waals surface area contributed by atoms with Gasteiger partial charge in [-0.05, 0) is 18.3 Å². The molecule has 0 radical (unpaired) electrons. The Balaban J connectivity index is 2.15. The van der Waals surface area contributed by atoms with E-state index in [1.807, 2.05) is 0 Å². The number of fused-ring (bicyclic) bond motifs is 5. The number of ether oxygens (including phenoxy) is 1. The third-order valence-corrected chi connectivity index (χ3v) is 4.96. The summed E-state index contributed by atoms with van der Waals surface area (Å²) < 4.78 is 5.42. The first-order valence-electron chi connectivity index (χ1n) is 5.07. The Hall–Kier alpha value is -0.340. The Labute approximate surface area is 78.6 Å². The number of allylic oxidation sites excluding steroid dienone is 2. The van der Waals surface area contributed by atoms with Gasteiger partial charge in [0.05, 0.1) is 6.61 Å². The fourth-order valence-corrected chi connectivity index (χ4v) is 3.59. The Bertz CT molecular complexity index is 286. The Morgan fingerprint density at radius 3 is 2.69 bits per heavy atom. The average Bonchev–Trinajstić information content (AvgIpc) is 2.70. The van der Waals surface area contributed by atoms with Gasteiger partial charge in [0, 0.05) is 10.8 Å². The highest BCUT2D eigenvalue weighted by Crippen LogP contribution is 2.67. The van der Waals surface area contributed by atoms with Crippen LogP contribution in [-0.2, 0) is 4.74 Å². The minimum Gasteiger partial charge on any atom is -0.367 e. The molecule has 3 aliphatic rings. The van der Waals surface area contributed by atoms with Crippen molar-refractivity contribution >= 4 is 0 Å². The van der Waals surface area contributed by atoms with Crippen molar-refractivity contribution in [2.24, 2.45) is 22.7 Å². The first-order valence-corrected chi connectivity index (χ1v) is 5.07. The second kappa shape index (κ2) is 2.01.